The number of ether oxygens (including phenoxy) is 1. The Morgan fingerprint density at radius 1 is 1.35 bits per heavy atom. The molecular weight excluding hydrogens is 239 g/mol. The molecule has 0 saturated carbocycles. The maximum Gasteiger partial charge on any atom is 0.407 e. The molecule has 1 fully saturated rings. The molecule has 2 rings (SSSR count). The van der Waals surface area contributed by atoms with Crippen LogP contribution < -0.4 is 4.74 Å². The van der Waals surface area contributed by atoms with E-state index in [1.54, 1.807) is 0 Å². The van der Waals surface area contributed by atoms with Gasteiger partial charge >= 0.3 is 6.09 Å². The van der Waals surface area contributed by atoms with Crippen molar-refractivity contribution in [3.05, 3.63) is 29.6 Å². The average molecular weight is 247 g/mol. The summed E-state index contributed by atoms with van der Waals surface area (Å²) in [5.41, 5.74) is 0. The summed E-state index contributed by atoms with van der Waals surface area (Å²) < 4.78 is 43.7. The van der Waals surface area contributed by atoms with Gasteiger partial charge in [0.1, 0.15) is 11.9 Å². The number of halogens is 3. The zero-order valence-corrected chi connectivity index (χ0v) is 8.49. The van der Waals surface area contributed by atoms with Crippen LogP contribution in [0.2, 0.25) is 0 Å². The van der Waals surface area contributed by atoms with E-state index < -0.39 is 35.4 Å². The Balaban J connectivity index is 2.03. The van der Waals surface area contributed by atoms with E-state index in [1.165, 1.54) is 0 Å². The summed E-state index contributed by atoms with van der Waals surface area (Å²) in [7, 11) is 0. The average Bonchev–Trinajstić information content (AvgIpc) is 2.17. The number of carbonyl (C=O) groups is 1. The Morgan fingerprint density at radius 3 is 2.59 bits per heavy atom. The lowest BCUT2D eigenvalue weighted by atomic mass is 10.2. The van der Waals surface area contributed by atoms with Gasteiger partial charge in [-0.15, -0.1) is 0 Å². The number of hydrogen-bond donors (Lipinski definition) is 1. The molecule has 1 aliphatic heterocycles. The molecule has 0 bridgehead atoms. The number of likely N-dealkylation sites (tertiary alicyclic amines) is 1. The highest BCUT2D eigenvalue weighted by atomic mass is 19.2. The van der Waals surface area contributed by atoms with Gasteiger partial charge in [0.05, 0.1) is 13.1 Å². The number of benzene rings is 1. The van der Waals surface area contributed by atoms with E-state index in [-0.39, 0.29) is 13.1 Å². The fourth-order valence-corrected chi connectivity index (χ4v) is 1.47. The van der Waals surface area contributed by atoms with Crippen LogP contribution in [0.5, 0.6) is 5.75 Å². The van der Waals surface area contributed by atoms with Crippen molar-refractivity contribution in [2.24, 2.45) is 0 Å². The topological polar surface area (TPSA) is 49.8 Å². The SMILES string of the molecule is O=C(O)N1CC(Oc2cc(F)cc(F)c2F)C1. The first-order chi connectivity index (χ1) is 7.97. The second-order valence-electron chi connectivity index (χ2n) is 3.63. The first kappa shape index (κ1) is 11.6. The van der Waals surface area contributed by atoms with Gasteiger partial charge in [-0.2, -0.15) is 4.39 Å². The summed E-state index contributed by atoms with van der Waals surface area (Å²) in [6.07, 6.45) is -1.70. The molecule has 0 radical (unpaired) electrons. The predicted molar refractivity (Wildman–Crippen MR) is 50.3 cm³/mol. The van der Waals surface area contributed by atoms with Gasteiger partial charge in [0.25, 0.3) is 0 Å². The van der Waals surface area contributed by atoms with Gasteiger partial charge in [-0.25, -0.2) is 13.6 Å². The van der Waals surface area contributed by atoms with Crippen LogP contribution >= 0.6 is 0 Å². The minimum Gasteiger partial charge on any atom is -0.483 e. The molecule has 1 aromatic carbocycles. The lowest BCUT2D eigenvalue weighted by molar-refractivity contribution is 0.0227. The summed E-state index contributed by atoms with van der Waals surface area (Å²) in [6.45, 7) is 0.0970. The lowest BCUT2D eigenvalue weighted by Crippen LogP contribution is -2.55. The third kappa shape index (κ3) is 2.27. The standard InChI is InChI=1S/C10H8F3NO3/c11-5-1-7(12)9(13)8(2-5)17-6-3-14(4-6)10(15)16/h1-2,6H,3-4H2,(H,15,16). The molecule has 0 atom stereocenters. The van der Waals surface area contributed by atoms with Crippen molar-refractivity contribution in [3.8, 4) is 5.75 Å². The molecule has 4 nitrogen and oxygen atoms in total. The predicted octanol–water partition coefficient (Wildman–Crippen LogP) is 1.84. The second-order valence-corrected chi connectivity index (χ2v) is 3.63. The molecule has 17 heavy (non-hydrogen) atoms. The minimum atomic E-state index is -1.34. The van der Waals surface area contributed by atoms with Gasteiger partial charge in [-0.1, -0.05) is 0 Å². The van der Waals surface area contributed by atoms with Crippen LogP contribution in [0.15, 0.2) is 12.1 Å². The van der Waals surface area contributed by atoms with Gasteiger partial charge < -0.3 is 14.7 Å². The molecule has 0 aromatic heterocycles. The molecule has 1 heterocycles. The molecule has 7 heteroatoms. The molecule has 0 unspecified atom stereocenters. The number of nitrogens with zero attached hydrogens (tertiary/aromatic N) is 1. The highest BCUT2D eigenvalue weighted by Crippen LogP contribution is 2.24. The van der Waals surface area contributed by atoms with Crippen molar-refractivity contribution in [2.45, 2.75) is 6.10 Å². The molecule has 0 aliphatic carbocycles. The molecule has 1 saturated heterocycles. The minimum absolute atomic E-state index is 0.0485. The first-order valence-corrected chi connectivity index (χ1v) is 4.76. The van der Waals surface area contributed by atoms with Crippen LogP contribution in [-0.4, -0.2) is 35.3 Å². The van der Waals surface area contributed by atoms with Crippen molar-refractivity contribution in [3.63, 3.8) is 0 Å². The smallest absolute Gasteiger partial charge is 0.407 e. The van der Waals surface area contributed by atoms with Gasteiger partial charge in [0, 0.05) is 12.1 Å². The maximum absolute atomic E-state index is 13.2. The van der Waals surface area contributed by atoms with Crippen LogP contribution in [0, 0.1) is 17.5 Å². The number of carboxylic acid groups (broad SMARTS) is 1. The number of amides is 1. The zero-order valence-electron chi connectivity index (χ0n) is 8.49. The van der Waals surface area contributed by atoms with Gasteiger partial charge in [-0.05, 0) is 0 Å². The van der Waals surface area contributed by atoms with Crippen molar-refractivity contribution in [2.75, 3.05) is 13.1 Å². The summed E-state index contributed by atoms with van der Waals surface area (Å²) in [5.74, 6) is -4.11. The van der Waals surface area contributed by atoms with Gasteiger partial charge in [0.2, 0.25) is 5.82 Å². The second kappa shape index (κ2) is 4.15. The molecular formula is C10H8F3NO3. The van der Waals surface area contributed by atoms with Crippen LogP contribution in [0.25, 0.3) is 0 Å². The summed E-state index contributed by atoms with van der Waals surface area (Å²) >= 11 is 0. The molecule has 92 valence electrons. The van der Waals surface area contributed by atoms with E-state index in [1.807, 2.05) is 0 Å². The molecule has 0 spiro atoms. The highest BCUT2D eigenvalue weighted by molar-refractivity contribution is 5.66. The quantitative estimate of drug-likeness (QED) is 0.811. The first-order valence-electron chi connectivity index (χ1n) is 4.76. The maximum atomic E-state index is 13.2. The van der Waals surface area contributed by atoms with Crippen molar-refractivity contribution in [1.82, 2.24) is 4.90 Å². The van der Waals surface area contributed by atoms with E-state index in [0.717, 1.165) is 11.0 Å². The Bertz CT molecular complexity index is 460. The van der Waals surface area contributed by atoms with E-state index in [2.05, 4.69) is 0 Å². The highest BCUT2D eigenvalue weighted by Gasteiger charge is 2.33. The molecule has 1 N–H and O–H groups in total. The van der Waals surface area contributed by atoms with E-state index in [9.17, 15) is 18.0 Å². The molecule has 1 aromatic rings. The summed E-state index contributed by atoms with van der Waals surface area (Å²) in [4.78, 5) is 11.5. The van der Waals surface area contributed by atoms with Crippen LogP contribution in [-0.2, 0) is 0 Å². The van der Waals surface area contributed by atoms with Crippen molar-refractivity contribution < 1.29 is 27.8 Å². The number of hydrogen-bond acceptors (Lipinski definition) is 2. The van der Waals surface area contributed by atoms with Crippen LogP contribution in [0.3, 0.4) is 0 Å². The Labute approximate surface area is 94.2 Å². The monoisotopic (exact) mass is 247 g/mol. The van der Waals surface area contributed by atoms with Crippen molar-refractivity contribution >= 4 is 6.09 Å². The van der Waals surface area contributed by atoms with Gasteiger partial charge in [0.15, 0.2) is 11.6 Å². The summed E-state index contributed by atoms with van der Waals surface area (Å²) in [6, 6.07) is 1.13. The fraction of sp³-hybridized carbons (Fsp3) is 0.300. The van der Waals surface area contributed by atoms with E-state index in [4.69, 9.17) is 9.84 Å². The zero-order chi connectivity index (χ0) is 12.6. The molecule has 1 aliphatic rings. The number of rotatable bonds is 2. The van der Waals surface area contributed by atoms with Crippen LogP contribution in [0.1, 0.15) is 0 Å². The van der Waals surface area contributed by atoms with Gasteiger partial charge in [-0.3, -0.25) is 0 Å². The normalized spacial score (nSPS) is 15.6. The fourth-order valence-electron chi connectivity index (χ4n) is 1.47. The van der Waals surface area contributed by atoms with Crippen LogP contribution in [0.4, 0.5) is 18.0 Å². The Kier molecular flexibility index (Phi) is 2.83. The molecule has 1 amide bonds. The third-order valence-electron chi connectivity index (χ3n) is 2.37. The lowest BCUT2D eigenvalue weighted by Gasteiger charge is -2.36. The van der Waals surface area contributed by atoms with Crippen molar-refractivity contribution in [1.29, 1.82) is 0 Å². The largest absolute Gasteiger partial charge is 0.483 e. The Morgan fingerprint density at radius 2 is 2.00 bits per heavy atom. The van der Waals surface area contributed by atoms with E-state index >= 15 is 0 Å². The summed E-state index contributed by atoms with van der Waals surface area (Å²) in [5, 5.41) is 8.54. The Hall–Kier alpha value is -1.92. The third-order valence-corrected chi connectivity index (χ3v) is 2.37. The van der Waals surface area contributed by atoms with E-state index in [0.29, 0.717) is 6.07 Å².